The summed E-state index contributed by atoms with van der Waals surface area (Å²) in [5.74, 6) is 0.192. The Morgan fingerprint density at radius 1 is 1.17 bits per heavy atom. The van der Waals surface area contributed by atoms with Gasteiger partial charge in [-0.15, -0.1) is 0 Å². The molecule has 2 aromatic rings. The normalized spacial score (nSPS) is 10.1. The Kier molecular flexibility index (Phi) is 3.33. The van der Waals surface area contributed by atoms with E-state index in [1.807, 2.05) is 43.3 Å². The number of benzene rings is 2. The minimum Gasteiger partial charge on any atom is -0.497 e. The molecule has 0 fully saturated rings. The van der Waals surface area contributed by atoms with Crippen molar-refractivity contribution in [1.29, 1.82) is 0 Å². The van der Waals surface area contributed by atoms with Crippen molar-refractivity contribution in [3.05, 3.63) is 53.6 Å². The van der Waals surface area contributed by atoms with Gasteiger partial charge in [-0.25, -0.2) is 0 Å². The molecule has 3 heteroatoms. The van der Waals surface area contributed by atoms with Crippen molar-refractivity contribution in [2.24, 2.45) is 5.73 Å². The smallest absolute Gasteiger partial charge is 0.249 e. The first-order valence-electron chi connectivity index (χ1n) is 5.67. The zero-order chi connectivity index (χ0) is 13.1. The Balaban J connectivity index is 2.67. The lowest BCUT2D eigenvalue weighted by molar-refractivity contribution is 0.0999. The van der Waals surface area contributed by atoms with Crippen LogP contribution in [-0.2, 0) is 0 Å². The molecular weight excluding hydrogens is 226 g/mol. The molecule has 0 saturated heterocycles. The van der Waals surface area contributed by atoms with Gasteiger partial charge in [0.25, 0.3) is 0 Å². The molecule has 0 atom stereocenters. The molecule has 2 N–H and O–H groups in total. The number of ether oxygens (including phenoxy) is 1. The summed E-state index contributed by atoms with van der Waals surface area (Å²) in [7, 11) is 1.57. The third-order valence-corrected chi connectivity index (χ3v) is 2.97. The van der Waals surface area contributed by atoms with Crippen LogP contribution in [0.5, 0.6) is 5.75 Å². The van der Waals surface area contributed by atoms with Gasteiger partial charge in [0.1, 0.15) is 5.75 Å². The average Bonchev–Trinajstić information content (AvgIpc) is 2.39. The molecule has 0 saturated carbocycles. The first-order valence-corrected chi connectivity index (χ1v) is 5.67. The summed E-state index contributed by atoms with van der Waals surface area (Å²) < 4.78 is 5.21. The highest BCUT2D eigenvalue weighted by Gasteiger charge is 2.12. The predicted octanol–water partition coefficient (Wildman–Crippen LogP) is 2.77. The van der Waals surface area contributed by atoms with E-state index in [0.717, 1.165) is 16.7 Å². The molecule has 0 aromatic heterocycles. The van der Waals surface area contributed by atoms with Crippen molar-refractivity contribution >= 4 is 5.91 Å². The molecule has 1 amide bonds. The summed E-state index contributed by atoms with van der Waals surface area (Å²) >= 11 is 0. The van der Waals surface area contributed by atoms with Crippen molar-refractivity contribution in [1.82, 2.24) is 0 Å². The maximum atomic E-state index is 11.4. The SMILES string of the molecule is COc1cc(C(N)=O)c(C)c(-c2ccccc2)c1. The molecule has 0 unspecified atom stereocenters. The Bertz CT molecular complexity index is 577. The van der Waals surface area contributed by atoms with Crippen LogP contribution in [0, 0.1) is 6.92 Å². The second-order valence-electron chi connectivity index (χ2n) is 4.08. The van der Waals surface area contributed by atoms with E-state index in [4.69, 9.17) is 10.5 Å². The van der Waals surface area contributed by atoms with Crippen LogP contribution < -0.4 is 10.5 Å². The second kappa shape index (κ2) is 4.92. The molecule has 0 spiro atoms. The molecule has 2 rings (SSSR count). The summed E-state index contributed by atoms with van der Waals surface area (Å²) in [6.45, 7) is 1.89. The Hall–Kier alpha value is -2.29. The third-order valence-electron chi connectivity index (χ3n) is 2.97. The van der Waals surface area contributed by atoms with Gasteiger partial charge in [0.05, 0.1) is 7.11 Å². The summed E-state index contributed by atoms with van der Waals surface area (Å²) in [6, 6.07) is 13.4. The predicted molar refractivity (Wildman–Crippen MR) is 71.7 cm³/mol. The number of methoxy groups -OCH3 is 1. The fourth-order valence-electron chi connectivity index (χ4n) is 1.98. The number of hydrogen-bond donors (Lipinski definition) is 1. The number of nitrogens with two attached hydrogens (primary N) is 1. The van der Waals surface area contributed by atoms with E-state index < -0.39 is 5.91 Å². The van der Waals surface area contributed by atoms with Crippen LogP contribution >= 0.6 is 0 Å². The molecule has 18 heavy (non-hydrogen) atoms. The fraction of sp³-hybridized carbons (Fsp3) is 0.133. The molecule has 0 radical (unpaired) electrons. The minimum absolute atomic E-state index is 0.441. The van der Waals surface area contributed by atoms with E-state index in [1.165, 1.54) is 0 Å². The van der Waals surface area contributed by atoms with Gasteiger partial charge in [0.15, 0.2) is 0 Å². The van der Waals surface area contributed by atoms with Crippen molar-refractivity contribution in [3.8, 4) is 16.9 Å². The number of amides is 1. The molecule has 0 aliphatic heterocycles. The fourth-order valence-corrected chi connectivity index (χ4v) is 1.98. The van der Waals surface area contributed by atoms with Gasteiger partial charge in [0, 0.05) is 5.56 Å². The van der Waals surface area contributed by atoms with Gasteiger partial charge in [-0.1, -0.05) is 30.3 Å². The lowest BCUT2D eigenvalue weighted by atomic mass is 9.95. The zero-order valence-corrected chi connectivity index (χ0v) is 10.4. The van der Waals surface area contributed by atoms with Crippen molar-refractivity contribution in [2.75, 3.05) is 7.11 Å². The van der Waals surface area contributed by atoms with Crippen LogP contribution in [0.2, 0.25) is 0 Å². The van der Waals surface area contributed by atoms with E-state index >= 15 is 0 Å². The molecule has 3 nitrogen and oxygen atoms in total. The van der Waals surface area contributed by atoms with E-state index in [2.05, 4.69) is 0 Å². The van der Waals surface area contributed by atoms with Crippen LogP contribution in [0.1, 0.15) is 15.9 Å². The van der Waals surface area contributed by atoms with E-state index in [9.17, 15) is 4.79 Å². The highest BCUT2D eigenvalue weighted by atomic mass is 16.5. The molecule has 0 aliphatic carbocycles. The van der Waals surface area contributed by atoms with Gasteiger partial charge in [-0.2, -0.15) is 0 Å². The van der Waals surface area contributed by atoms with Gasteiger partial charge >= 0.3 is 0 Å². The third kappa shape index (κ3) is 2.20. The summed E-state index contributed by atoms with van der Waals surface area (Å²) in [6.07, 6.45) is 0. The molecular formula is C15H15NO2. The average molecular weight is 241 g/mol. The molecule has 0 bridgehead atoms. The van der Waals surface area contributed by atoms with E-state index in [0.29, 0.717) is 11.3 Å². The summed E-state index contributed by atoms with van der Waals surface area (Å²) in [5, 5.41) is 0. The Morgan fingerprint density at radius 3 is 2.39 bits per heavy atom. The molecule has 92 valence electrons. The van der Waals surface area contributed by atoms with Gasteiger partial charge in [-0.05, 0) is 35.7 Å². The van der Waals surface area contributed by atoms with Crippen LogP contribution in [-0.4, -0.2) is 13.0 Å². The Labute approximate surface area is 106 Å². The number of rotatable bonds is 3. The monoisotopic (exact) mass is 241 g/mol. The second-order valence-corrected chi connectivity index (χ2v) is 4.08. The highest BCUT2D eigenvalue weighted by molar-refractivity contribution is 5.97. The largest absolute Gasteiger partial charge is 0.497 e. The lowest BCUT2D eigenvalue weighted by Crippen LogP contribution is -2.13. The van der Waals surface area contributed by atoms with Crippen LogP contribution in [0.15, 0.2) is 42.5 Å². The number of carbonyl (C=O) groups is 1. The van der Waals surface area contributed by atoms with Crippen LogP contribution in [0.3, 0.4) is 0 Å². The summed E-state index contributed by atoms with van der Waals surface area (Å²) in [4.78, 5) is 11.4. The molecule has 0 heterocycles. The quantitative estimate of drug-likeness (QED) is 0.898. The topological polar surface area (TPSA) is 52.3 Å². The molecule has 2 aromatic carbocycles. The van der Waals surface area contributed by atoms with Crippen LogP contribution in [0.4, 0.5) is 0 Å². The summed E-state index contributed by atoms with van der Waals surface area (Å²) in [5.41, 5.74) is 8.75. The Morgan fingerprint density at radius 2 is 1.83 bits per heavy atom. The number of hydrogen-bond acceptors (Lipinski definition) is 2. The van der Waals surface area contributed by atoms with E-state index in [-0.39, 0.29) is 0 Å². The van der Waals surface area contributed by atoms with E-state index in [1.54, 1.807) is 13.2 Å². The standard InChI is InChI=1S/C15H15NO2/c1-10-13(11-6-4-3-5-7-11)8-12(18-2)9-14(10)15(16)17/h3-9H,1-2H3,(H2,16,17). The van der Waals surface area contributed by atoms with Crippen molar-refractivity contribution < 1.29 is 9.53 Å². The van der Waals surface area contributed by atoms with Gasteiger partial charge < -0.3 is 10.5 Å². The number of carbonyl (C=O) groups excluding carboxylic acids is 1. The van der Waals surface area contributed by atoms with Crippen molar-refractivity contribution in [3.63, 3.8) is 0 Å². The maximum absolute atomic E-state index is 11.4. The lowest BCUT2D eigenvalue weighted by Gasteiger charge is -2.12. The minimum atomic E-state index is -0.441. The maximum Gasteiger partial charge on any atom is 0.249 e. The highest BCUT2D eigenvalue weighted by Crippen LogP contribution is 2.30. The zero-order valence-electron chi connectivity index (χ0n) is 10.4. The van der Waals surface area contributed by atoms with Gasteiger partial charge in [-0.3, -0.25) is 4.79 Å². The first-order chi connectivity index (χ1) is 8.63. The van der Waals surface area contributed by atoms with Crippen LogP contribution in [0.25, 0.3) is 11.1 Å². The van der Waals surface area contributed by atoms with Gasteiger partial charge in [0.2, 0.25) is 5.91 Å². The molecule has 0 aliphatic rings. The first kappa shape index (κ1) is 12.2. The number of primary amides is 1. The van der Waals surface area contributed by atoms with Crippen molar-refractivity contribution in [2.45, 2.75) is 6.92 Å².